The van der Waals surface area contributed by atoms with Gasteiger partial charge in [0.1, 0.15) is 19.1 Å². The van der Waals surface area contributed by atoms with Gasteiger partial charge < -0.3 is 18.6 Å². The number of nitrogens with zero attached hydrogens (tertiary/aromatic N) is 1. The lowest BCUT2D eigenvalue weighted by Gasteiger charge is -2.37. The minimum Gasteiger partial charge on any atom is -0.414 e. The van der Waals surface area contributed by atoms with Gasteiger partial charge >= 0.3 is 5.69 Å². The van der Waals surface area contributed by atoms with E-state index in [2.05, 4.69) is 38.8 Å². The van der Waals surface area contributed by atoms with E-state index in [-0.39, 0.29) is 24.0 Å². The number of H-pyrrole nitrogens is 1. The van der Waals surface area contributed by atoms with E-state index in [0.717, 1.165) is 0 Å². The van der Waals surface area contributed by atoms with Crippen LogP contribution in [0.3, 0.4) is 0 Å². The highest BCUT2D eigenvalue weighted by Gasteiger charge is 2.42. The zero-order valence-corrected chi connectivity index (χ0v) is 19.9. The fourth-order valence-corrected chi connectivity index (χ4v) is 3.98. The number of halogens is 1. The maximum atomic E-state index is 12.2. The van der Waals surface area contributed by atoms with Crippen molar-refractivity contribution < 1.29 is 18.6 Å². The molecular weight excluding hydrogens is 483 g/mol. The Morgan fingerprint density at radius 1 is 1.37 bits per heavy atom. The van der Waals surface area contributed by atoms with Crippen LogP contribution >= 0.6 is 22.6 Å². The zero-order valence-electron chi connectivity index (χ0n) is 16.7. The predicted octanol–water partition coefficient (Wildman–Crippen LogP) is 2.44. The summed E-state index contributed by atoms with van der Waals surface area (Å²) >= 11 is 1.89. The van der Waals surface area contributed by atoms with Crippen LogP contribution in [0.5, 0.6) is 0 Å². The first-order chi connectivity index (χ1) is 12.5. The number of aromatic nitrogens is 2. The number of ether oxygens (including phenoxy) is 3. The normalized spacial score (nSPS) is 23.7. The molecule has 0 aromatic carbocycles. The van der Waals surface area contributed by atoms with Gasteiger partial charge in [-0.25, -0.2) is 4.79 Å². The molecule has 0 amide bonds. The molecule has 8 nitrogen and oxygen atoms in total. The molecule has 1 aromatic heterocycles. The molecule has 0 radical (unpaired) electrons. The van der Waals surface area contributed by atoms with Gasteiger partial charge in [0, 0.05) is 19.7 Å². The second-order valence-corrected chi connectivity index (χ2v) is 14.2. The van der Waals surface area contributed by atoms with Crippen molar-refractivity contribution in [1.29, 1.82) is 0 Å². The van der Waals surface area contributed by atoms with Gasteiger partial charge in [-0.1, -0.05) is 20.8 Å². The Hall–Kier alpha value is -0.533. The lowest BCUT2D eigenvalue weighted by molar-refractivity contribution is -0.106. The number of aromatic amines is 1. The van der Waals surface area contributed by atoms with Crippen molar-refractivity contribution in [3.05, 3.63) is 30.6 Å². The van der Waals surface area contributed by atoms with E-state index in [1.807, 2.05) is 22.6 Å². The van der Waals surface area contributed by atoms with E-state index in [4.69, 9.17) is 18.6 Å². The molecule has 1 aliphatic heterocycles. The Bertz CT molecular complexity index is 757. The van der Waals surface area contributed by atoms with Crippen molar-refractivity contribution in [2.75, 3.05) is 20.5 Å². The molecule has 2 rings (SSSR count). The number of hydrogen-bond donors (Lipinski definition) is 1. The SMILES string of the molecule is COCOC1C[C@H](n2cc(I)c(=O)[nH]c2=O)O[C@@H]1CO[Si](C)(C)C(C)(C)C. The third-order valence-electron chi connectivity index (χ3n) is 5.23. The minimum absolute atomic E-state index is 0.0832. The second kappa shape index (κ2) is 8.87. The molecule has 154 valence electrons. The summed E-state index contributed by atoms with van der Waals surface area (Å²) in [6.07, 6.45) is 0.859. The standard InChI is InChI=1S/C17H29IN2O6Si/c1-17(2,3)27(5,6)25-9-13-12(24-10-23-4)7-14(26-13)20-8-11(18)15(21)19-16(20)22/h8,12-14H,7,9-10H2,1-6H3,(H,19,21,22)/t12?,13-,14-/m1/s1. The summed E-state index contributed by atoms with van der Waals surface area (Å²) in [5.41, 5.74) is -0.901. The summed E-state index contributed by atoms with van der Waals surface area (Å²) in [4.78, 5) is 26.1. The topological polar surface area (TPSA) is 91.8 Å². The molecule has 0 bridgehead atoms. The molecule has 0 aliphatic carbocycles. The zero-order chi connectivity index (χ0) is 20.4. The largest absolute Gasteiger partial charge is 0.414 e. The van der Waals surface area contributed by atoms with E-state index < -0.39 is 25.8 Å². The smallest absolute Gasteiger partial charge is 0.330 e. The van der Waals surface area contributed by atoms with E-state index in [1.54, 1.807) is 7.11 Å². The number of hydrogen-bond acceptors (Lipinski definition) is 6. The van der Waals surface area contributed by atoms with E-state index in [1.165, 1.54) is 10.8 Å². The van der Waals surface area contributed by atoms with Crippen molar-refractivity contribution in [3.63, 3.8) is 0 Å². The Morgan fingerprint density at radius 2 is 2.04 bits per heavy atom. The van der Waals surface area contributed by atoms with Gasteiger partial charge in [-0.2, -0.15) is 0 Å². The van der Waals surface area contributed by atoms with Crippen molar-refractivity contribution in [3.8, 4) is 0 Å². The summed E-state index contributed by atoms with van der Waals surface area (Å²) in [5, 5.41) is 0.0832. The molecule has 0 saturated carbocycles. The summed E-state index contributed by atoms with van der Waals surface area (Å²) < 4.78 is 25.0. The summed E-state index contributed by atoms with van der Waals surface area (Å²) in [6, 6.07) is 0. The summed E-state index contributed by atoms with van der Waals surface area (Å²) in [7, 11) is -0.387. The monoisotopic (exact) mass is 512 g/mol. The summed E-state index contributed by atoms with van der Waals surface area (Å²) in [5.74, 6) is 0. The van der Waals surface area contributed by atoms with Gasteiger partial charge in [-0.05, 0) is 40.7 Å². The molecule has 1 aliphatic rings. The molecule has 1 aromatic rings. The minimum atomic E-state index is -1.95. The second-order valence-electron chi connectivity index (χ2n) is 8.19. The molecule has 0 spiro atoms. The molecule has 2 heterocycles. The summed E-state index contributed by atoms with van der Waals surface area (Å²) in [6.45, 7) is 11.4. The third-order valence-corrected chi connectivity index (χ3v) is 10.5. The van der Waals surface area contributed by atoms with Crippen LogP contribution in [0.15, 0.2) is 15.8 Å². The molecule has 1 fully saturated rings. The first kappa shape index (κ1) is 22.8. The average Bonchev–Trinajstić information content (AvgIpc) is 2.96. The van der Waals surface area contributed by atoms with Crippen LogP contribution in [-0.2, 0) is 18.6 Å². The van der Waals surface area contributed by atoms with Crippen LogP contribution in [0.2, 0.25) is 18.1 Å². The molecule has 1 saturated heterocycles. The first-order valence-electron chi connectivity index (χ1n) is 8.87. The quantitative estimate of drug-likeness (QED) is 0.343. The first-order valence-corrected chi connectivity index (χ1v) is 12.9. The van der Waals surface area contributed by atoms with Crippen LogP contribution in [-0.4, -0.2) is 50.6 Å². The highest BCUT2D eigenvalue weighted by molar-refractivity contribution is 14.1. The van der Waals surface area contributed by atoms with Crippen molar-refractivity contribution in [2.24, 2.45) is 0 Å². The van der Waals surface area contributed by atoms with Crippen LogP contribution in [0.1, 0.15) is 33.4 Å². The maximum absolute atomic E-state index is 12.2. The van der Waals surface area contributed by atoms with Crippen LogP contribution < -0.4 is 11.2 Å². The number of nitrogens with one attached hydrogen (secondary N) is 1. The Morgan fingerprint density at radius 3 is 2.63 bits per heavy atom. The van der Waals surface area contributed by atoms with Gasteiger partial charge in [0.25, 0.3) is 5.56 Å². The molecular formula is C17H29IN2O6Si. The van der Waals surface area contributed by atoms with Crippen molar-refractivity contribution >= 4 is 30.9 Å². The highest BCUT2D eigenvalue weighted by atomic mass is 127. The lowest BCUT2D eigenvalue weighted by atomic mass is 10.2. The number of rotatable bonds is 7. The van der Waals surface area contributed by atoms with Gasteiger partial charge in [-0.3, -0.25) is 14.3 Å². The third kappa shape index (κ3) is 5.51. The lowest BCUT2D eigenvalue weighted by Crippen LogP contribution is -2.44. The van der Waals surface area contributed by atoms with E-state index >= 15 is 0 Å². The van der Waals surface area contributed by atoms with Gasteiger partial charge in [0.2, 0.25) is 0 Å². The van der Waals surface area contributed by atoms with Crippen LogP contribution in [0.25, 0.3) is 0 Å². The van der Waals surface area contributed by atoms with Crippen LogP contribution in [0, 0.1) is 3.57 Å². The van der Waals surface area contributed by atoms with Gasteiger partial charge in [-0.15, -0.1) is 0 Å². The molecule has 1 unspecified atom stereocenters. The Kier molecular flexibility index (Phi) is 7.47. The van der Waals surface area contributed by atoms with Crippen LogP contribution in [0.4, 0.5) is 0 Å². The van der Waals surface area contributed by atoms with Crippen molar-refractivity contribution in [1.82, 2.24) is 9.55 Å². The van der Waals surface area contributed by atoms with Crippen molar-refractivity contribution in [2.45, 2.75) is 63.8 Å². The number of methoxy groups -OCH3 is 1. The molecule has 1 N–H and O–H groups in total. The van der Waals surface area contributed by atoms with E-state index in [9.17, 15) is 9.59 Å². The Labute approximate surface area is 173 Å². The predicted molar refractivity (Wildman–Crippen MR) is 112 cm³/mol. The molecule has 3 atom stereocenters. The highest BCUT2D eigenvalue weighted by Crippen LogP contribution is 2.38. The Balaban J connectivity index is 2.18. The molecule has 10 heteroatoms. The van der Waals surface area contributed by atoms with Gasteiger partial charge in [0.05, 0.1) is 16.3 Å². The van der Waals surface area contributed by atoms with E-state index in [0.29, 0.717) is 16.6 Å². The fraction of sp³-hybridized carbons (Fsp3) is 0.765. The average molecular weight is 512 g/mol. The molecule has 27 heavy (non-hydrogen) atoms. The van der Waals surface area contributed by atoms with Gasteiger partial charge in [0.15, 0.2) is 8.32 Å². The maximum Gasteiger partial charge on any atom is 0.330 e. The fourth-order valence-electron chi connectivity index (χ4n) is 2.53.